The summed E-state index contributed by atoms with van der Waals surface area (Å²) in [5, 5.41) is 5.49. The first-order chi connectivity index (χ1) is 7.70. The van der Waals surface area contributed by atoms with Crippen molar-refractivity contribution in [1.29, 1.82) is 0 Å². The van der Waals surface area contributed by atoms with Crippen molar-refractivity contribution in [1.82, 2.24) is 9.55 Å². The van der Waals surface area contributed by atoms with Gasteiger partial charge in [-0.3, -0.25) is 0 Å². The van der Waals surface area contributed by atoms with E-state index in [-0.39, 0.29) is 5.60 Å². The molecule has 1 atom stereocenters. The first-order valence-electron chi connectivity index (χ1n) is 5.24. The lowest BCUT2D eigenvalue weighted by molar-refractivity contribution is 0.200. The zero-order valence-electron chi connectivity index (χ0n) is 8.90. The van der Waals surface area contributed by atoms with Crippen molar-refractivity contribution < 1.29 is 4.74 Å². The Morgan fingerprint density at radius 2 is 2.31 bits per heavy atom. The van der Waals surface area contributed by atoms with Crippen molar-refractivity contribution >= 4 is 39.3 Å². The van der Waals surface area contributed by atoms with Crippen molar-refractivity contribution in [3.05, 3.63) is 24.4 Å². The summed E-state index contributed by atoms with van der Waals surface area (Å²) < 4.78 is 7.94. The molecule has 16 heavy (non-hydrogen) atoms. The van der Waals surface area contributed by atoms with E-state index in [0.717, 1.165) is 11.1 Å². The number of benzene rings is 1. The van der Waals surface area contributed by atoms with Gasteiger partial charge in [-0.2, -0.15) is 5.10 Å². The van der Waals surface area contributed by atoms with Gasteiger partial charge < -0.3 is 4.74 Å². The minimum Gasteiger partial charge on any atom is -0.488 e. The highest BCUT2D eigenvalue weighted by Crippen LogP contribution is 2.40. The van der Waals surface area contributed by atoms with E-state index in [1.54, 1.807) is 0 Å². The number of ether oxygens (including phenoxy) is 1. The third-order valence-electron chi connectivity index (χ3n) is 2.94. The lowest BCUT2D eigenvalue weighted by atomic mass is 10.2. The molecule has 0 aliphatic heterocycles. The van der Waals surface area contributed by atoms with Crippen molar-refractivity contribution in [3.8, 4) is 5.75 Å². The van der Waals surface area contributed by atoms with Gasteiger partial charge in [0.2, 0.25) is 0 Å². The summed E-state index contributed by atoms with van der Waals surface area (Å²) in [6.45, 7) is 2.16. The normalized spacial score (nSPS) is 18.4. The quantitative estimate of drug-likeness (QED) is 0.625. The Labute approximate surface area is 109 Å². The second kappa shape index (κ2) is 3.84. The van der Waals surface area contributed by atoms with Gasteiger partial charge in [0.1, 0.15) is 11.4 Å². The van der Waals surface area contributed by atoms with Crippen LogP contribution in [-0.4, -0.2) is 15.2 Å². The summed E-state index contributed by atoms with van der Waals surface area (Å²) in [7, 11) is 0. The molecule has 1 aromatic carbocycles. The summed E-state index contributed by atoms with van der Waals surface area (Å²) in [5.41, 5.74) is 1.27. The Hall–Kier alpha value is -0.350. The average Bonchev–Trinajstić information content (AvgIpc) is 2.86. The van der Waals surface area contributed by atoms with E-state index >= 15 is 0 Å². The number of fused-ring (bicyclic) bond motifs is 1. The smallest absolute Gasteiger partial charge is 0.120 e. The fraction of sp³-hybridized carbons (Fsp3) is 0.364. The summed E-state index contributed by atoms with van der Waals surface area (Å²) in [6, 6.07) is 6.22. The Bertz CT molecular complexity index is 536. The van der Waals surface area contributed by atoms with Crippen LogP contribution in [0.2, 0.25) is 0 Å². The predicted octanol–water partition coefficient (Wildman–Crippen LogP) is 3.76. The summed E-state index contributed by atoms with van der Waals surface area (Å²) in [5.74, 6) is 0.962. The van der Waals surface area contributed by atoms with E-state index in [1.165, 1.54) is 18.4 Å². The standard InChI is InChI=1S/C11H12IN2OP/c1-11(4-5-11)15-9-2-3-10-8(6-9)7-13-14(10)16-12/h2-3,6-7,16H,4-5H2,1H3. The molecular weight excluding hydrogens is 334 g/mol. The number of hydrogen-bond acceptors (Lipinski definition) is 2. The first kappa shape index (κ1) is 10.8. The van der Waals surface area contributed by atoms with Crippen LogP contribution in [0.5, 0.6) is 5.75 Å². The topological polar surface area (TPSA) is 27.1 Å². The molecule has 0 N–H and O–H groups in total. The van der Waals surface area contributed by atoms with Gasteiger partial charge in [-0.1, -0.05) is 0 Å². The maximum Gasteiger partial charge on any atom is 0.120 e. The van der Waals surface area contributed by atoms with Gasteiger partial charge in [0.25, 0.3) is 0 Å². The van der Waals surface area contributed by atoms with Gasteiger partial charge in [0.15, 0.2) is 0 Å². The van der Waals surface area contributed by atoms with Gasteiger partial charge in [0.05, 0.1) is 18.1 Å². The van der Waals surface area contributed by atoms with E-state index < -0.39 is 0 Å². The fourth-order valence-corrected chi connectivity index (χ4v) is 3.25. The molecule has 1 saturated carbocycles. The number of aromatic nitrogens is 2. The molecule has 1 aliphatic carbocycles. The maximum absolute atomic E-state index is 5.93. The van der Waals surface area contributed by atoms with E-state index in [1.807, 2.05) is 16.7 Å². The minimum absolute atomic E-state index is 0.0919. The van der Waals surface area contributed by atoms with Crippen LogP contribution < -0.4 is 4.74 Å². The Morgan fingerprint density at radius 3 is 3.00 bits per heavy atom. The predicted molar refractivity (Wildman–Crippen MR) is 75.7 cm³/mol. The molecule has 0 amide bonds. The maximum atomic E-state index is 5.93. The van der Waals surface area contributed by atoms with E-state index in [4.69, 9.17) is 4.74 Å². The molecule has 2 aromatic rings. The second-order valence-corrected chi connectivity index (χ2v) is 6.45. The summed E-state index contributed by atoms with van der Waals surface area (Å²) >= 11 is 2.34. The van der Waals surface area contributed by atoms with E-state index in [0.29, 0.717) is 6.37 Å². The molecule has 1 aliphatic rings. The summed E-state index contributed by atoms with van der Waals surface area (Å²) in [4.78, 5) is 0. The SMILES string of the molecule is CC1(Oc2ccc3c(cnn3PI)c2)CC1. The van der Waals surface area contributed by atoms with Crippen molar-refractivity contribution in [2.24, 2.45) is 0 Å². The van der Waals surface area contributed by atoms with Crippen molar-refractivity contribution in [2.75, 3.05) is 0 Å². The highest BCUT2D eigenvalue weighted by molar-refractivity contribution is 14.2. The van der Waals surface area contributed by atoms with Gasteiger partial charge in [0, 0.05) is 5.39 Å². The Kier molecular flexibility index (Phi) is 2.59. The number of hydrogen-bond donors (Lipinski definition) is 0. The highest BCUT2D eigenvalue weighted by atomic mass is 127. The van der Waals surface area contributed by atoms with Crippen LogP contribution >= 0.6 is 28.4 Å². The molecule has 1 aromatic heterocycles. The van der Waals surface area contributed by atoms with Crippen LogP contribution in [-0.2, 0) is 0 Å². The van der Waals surface area contributed by atoms with Crippen LogP contribution in [0.15, 0.2) is 24.4 Å². The fourth-order valence-electron chi connectivity index (χ4n) is 1.70. The van der Waals surface area contributed by atoms with Crippen LogP contribution in [0, 0.1) is 0 Å². The number of nitrogens with zero attached hydrogens (tertiary/aromatic N) is 2. The van der Waals surface area contributed by atoms with Crippen molar-refractivity contribution in [2.45, 2.75) is 25.4 Å². The van der Waals surface area contributed by atoms with Gasteiger partial charge in [-0.05, 0) is 60.0 Å². The van der Waals surface area contributed by atoms with Crippen LogP contribution in [0.1, 0.15) is 19.8 Å². The van der Waals surface area contributed by atoms with Crippen molar-refractivity contribution in [3.63, 3.8) is 0 Å². The molecule has 0 spiro atoms. The van der Waals surface area contributed by atoms with Crippen LogP contribution in [0.3, 0.4) is 0 Å². The summed E-state index contributed by atoms with van der Waals surface area (Å²) in [6.07, 6.45) is 4.88. The van der Waals surface area contributed by atoms with Crippen LogP contribution in [0.4, 0.5) is 0 Å². The average molecular weight is 346 g/mol. The van der Waals surface area contributed by atoms with Crippen LogP contribution in [0.25, 0.3) is 10.9 Å². The second-order valence-electron chi connectivity index (χ2n) is 4.41. The Morgan fingerprint density at radius 1 is 1.50 bits per heavy atom. The zero-order chi connectivity index (χ0) is 11.2. The molecule has 1 heterocycles. The Balaban J connectivity index is 1.96. The zero-order valence-corrected chi connectivity index (χ0v) is 12.1. The lowest BCUT2D eigenvalue weighted by Crippen LogP contribution is -2.11. The van der Waals surface area contributed by atoms with E-state index in [9.17, 15) is 0 Å². The van der Waals surface area contributed by atoms with Gasteiger partial charge >= 0.3 is 0 Å². The molecule has 0 bridgehead atoms. The van der Waals surface area contributed by atoms with Gasteiger partial charge in [-0.15, -0.1) is 0 Å². The molecule has 0 saturated heterocycles. The third kappa shape index (κ3) is 1.93. The first-order valence-corrected chi connectivity index (χ1v) is 9.30. The molecular formula is C11H12IN2OP. The largest absolute Gasteiger partial charge is 0.488 e. The molecule has 3 rings (SSSR count). The molecule has 5 heteroatoms. The van der Waals surface area contributed by atoms with E-state index in [2.05, 4.69) is 46.2 Å². The molecule has 0 radical (unpaired) electrons. The monoisotopic (exact) mass is 346 g/mol. The third-order valence-corrected chi connectivity index (χ3v) is 4.83. The number of halogens is 1. The number of rotatable bonds is 3. The molecule has 1 unspecified atom stereocenters. The highest BCUT2D eigenvalue weighted by Gasteiger charge is 2.40. The molecule has 84 valence electrons. The molecule has 3 nitrogen and oxygen atoms in total. The lowest BCUT2D eigenvalue weighted by Gasteiger charge is -2.12. The molecule has 1 fully saturated rings. The minimum atomic E-state index is 0.0919. The van der Waals surface area contributed by atoms with Gasteiger partial charge in [-0.25, -0.2) is 4.45 Å².